The van der Waals surface area contributed by atoms with Crippen molar-refractivity contribution in [3.05, 3.63) is 59.2 Å². The third-order valence-corrected chi connectivity index (χ3v) is 5.95. The van der Waals surface area contributed by atoms with Crippen LogP contribution < -0.4 is 10.1 Å². The van der Waals surface area contributed by atoms with E-state index in [2.05, 4.69) is 47.6 Å². The zero-order valence-electron chi connectivity index (χ0n) is 17.5. The first-order valence-corrected chi connectivity index (χ1v) is 10.9. The summed E-state index contributed by atoms with van der Waals surface area (Å²) in [5.74, 6) is 0.936. The van der Waals surface area contributed by atoms with Crippen molar-refractivity contribution in [1.29, 1.82) is 0 Å². The van der Waals surface area contributed by atoms with Gasteiger partial charge in [-0.25, -0.2) is 0 Å². The van der Waals surface area contributed by atoms with Gasteiger partial charge in [-0.1, -0.05) is 11.8 Å². The number of carbonyl (C=O) groups is 1. The summed E-state index contributed by atoms with van der Waals surface area (Å²) in [6.07, 6.45) is 0. The fourth-order valence-electron chi connectivity index (χ4n) is 3.39. The molecule has 2 aromatic carbocycles. The van der Waals surface area contributed by atoms with Crippen molar-refractivity contribution in [2.75, 3.05) is 17.7 Å². The van der Waals surface area contributed by atoms with Crippen LogP contribution in [0.3, 0.4) is 0 Å². The van der Waals surface area contributed by atoms with E-state index in [1.165, 1.54) is 22.9 Å². The van der Waals surface area contributed by atoms with E-state index in [0.717, 1.165) is 33.6 Å². The number of anilines is 1. The molecule has 0 aliphatic carbocycles. The van der Waals surface area contributed by atoms with Gasteiger partial charge in [-0.3, -0.25) is 9.20 Å². The Morgan fingerprint density at radius 3 is 2.47 bits per heavy atom. The van der Waals surface area contributed by atoms with Gasteiger partial charge in [0.25, 0.3) is 0 Å². The SMILES string of the molecule is CCOc1ccc(NC(=O)CSc2nnc3c(C)cc4cc(C)c(C)cc4n23)cc1. The molecule has 0 radical (unpaired) electrons. The van der Waals surface area contributed by atoms with Crippen molar-refractivity contribution in [2.24, 2.45) is 0 Å². The van der Waals surface area contributed by atoms with Crippen LogP contribution in [0.15, 0.2) is 47.6 Å². The minimum atomic E-state index is -0.0927. The maximum absolute atomic E-state index is 12.5. The van der Waals surface area contributed by atoms with E-state index in [9.17, 15) is 4.79 Å². The Morgan fingerprint density at radius 1 is 1.03 bits per heavy atom. The third kappa shape index (κ3) is 3.98. The van der Waals surface area contributed by atoms with E-state index in [1.54, 1.807) is 0 Å². The first kappa shape index (κ1) is 20.2. The number of carbonyl (C=O) groups excluding carboxylic acids is 1. The monoisotopic (exact) mass is 420 g/mol. The predicted octanol–water partition coefficient (Wildman–Crippen LogP) is 4.94. The molecule has 4 rings (SSSR count). The van der Waals surface area contributed by atoms with Crippen LogP contribution in [0.5, 0.6) is 5.75 Å². The zero-order chi connectivity index (χ0) is 21.3. The van der Waals surface area contributed by atoms with Crippen molar-refractivity contribution in [1.82, 2.24) is 14.6 Å². The number of pyridine rings is 1. The standard InChI is InChI=1S/C23H24N4O2S/c1-5-29-19-8-6-18(7-9-19)24-21(28)13-30-23-26-25-22-16(4)11-17-10-14(2)15(3)12-20(17)27(22)23/h6-12H,5,13H2,1-4H3,(H,24,28). The van der Waals surface area contributed by atoms with Gasteiger partial charge in [0.15, 0.2) is 10.8 Å². The molecule has 0 saturated carbocycles. The molecule has 0 spiro atoms. The lowest BCUT2D eigenvalue weighted by Crippen LogP contribution is -2.14. The molecule has 4 aromatic rings. The maximum atomic E-state index is 12.5. The number of benzene rings is 2. The fraction of sp³-hybridized carbons (Fsp3) is 0.261. The summed E-state index contributed by atoms with van der Waals surface area (Å²) in [6.45, 7) is 8.80. The molecule has 2 aromatic heterocycles. The Bertz CT molecular complexity index is 1230. The van der Waals surface area contributed by atoms with Gasteiger partial charge in [-0.15, -0.1) is 10.2 Å². The molecule has 0 aliphatic rings. The number of aromatic nitrogens is 3. The van der Waals surface area contributed by atoms with Gasteiger partial charge in [-0.05, 0) is 92.2 Å². The first-order valence-electron chi connectivity index (χ1n) is 9.87. The van der Waals surface area contributed by atoms with Crippen molar-refractivity contribution >= 4 is 39.9 Å². The lowest BCUT2D eigenvalue weighted by molar-refractivity contribution is -0.113. The van der Waals surface area contributed by atoms with Crippen LogP contribution in [-0.2, 0) is 4.79 Å². The van der Waals surface area contributed by atoms with Gasteiger partial charge in [0.1, 0.15) is 5.75 Å². The van der Waals surface area contributed by atoms with E-state index >= 15 is 0 Å². The van der Waals surface area contributed by atoms with Crippen LogP contribution in [0.4, 0.5) is 5.69 Å². The average molecular weight is 421 g/mol. The maximum Gasteiger partial charge on any atom is 0.234 e. The molecule has 2 heterocycles. The highest BCUT2D eigenvalue weighted by molar-refractivity contribution is 7.99. The van der Waals surface area contributed by atoms with E-state index in [4.69, 9.17) is 4.74 Å². The molecule has 0 atom stereocenters. The summed E-state index contributed by atoms with van der Waals surface area (Å²) < 4.78 is 7.48. The summed E-state index contributed by atoms with van der Waals surface area (Å²) in [5.41, 5.74) is 6.13. The van der Waals surface area contributed by atoms with Crippen LogP contribution in [0.2, 0.25) is 0 Å². The highest BCUT2D eigenvalue weighted by atomic mass is 32.2. The lowest BCUT2D eigenvalue weighted by atomic mass is 10.0. The summed E-state index contributed by atoms with van der Waals surface area (Å²) in [5, 5.41) is 13.5. The van der Waals surface area contributed by atoms with Crippen molar-refractivity contribution in [2.45, 2.75) is 32.9 Å². The largest absolute Gasteiger partial charge is 0.494 e. The third-order valence-electron chi connectivity index (χ3n) is 5.02. The summed E-state index contributed by atoms with van der Waals surface area (Å²) in [7, 11) is 0. The number of nitrogens with one attached hydrogen (secondary N) is 1. The zero-order valence-corrected chi connectivity index (χ0v) is 18.3. The molecule has 0 saturated heterocycles. The van der Waals surface area contributed by atoms with Crippen molar-refractivity contribution in [3.8, 4) is 5.75 Å². The molecular weight excluding hydrogens is 396 g/mol. The summed E-state index contributed by atoms with van der Waals surface area (Å²) in [4.78, 5) is 12.5. The second-order valence-electron chi connectivity index (χ2n) is 7.26. The number of amides is 1. The Balaban J connectivity index is 1.55. The molecule has 0 fully saturated rings. The topological polar surface area (TPSA) is 68.5 Å². The minimum Gasteiger partial charge on any atom is -0.494 e. The fourth-order valence-corrected chi connectivity index (χ4v) is 4.14. The highest BCUT2D eigenvalue weighted by Gasteiger charge is 2.14. The molecule has 6 nitrogen and oxygen atoms in total. The number of thioether (sulfide) groups is 1. The van der Waals surface area contributed by atoms with Gasteiger partial charge in [0, 0.05) is 5.69 Å². The van der Waals surface area contributed by atoms with E-state index in [-0.39, 0.29) is 11.7 Å². The van der Waals surface area contributed by atoms with Crippen molar-refractivity contribution in [3.63, 3.8) is 0 Å². The smallest absolute Gasteiger partial charge is 0.234 e. The minimum absolute atomic E-state index is 0.0927. The number of rotatable bonds is 6. The molecule has 30 heavy (non-hydrogen) atoms. The Labute approximate surface area is 179 Å². The number of aryl methyl sites for hydroxylation is 3. The Morgan fingerprint density at radius 2 is 1.73 bits per heavy atom. The van der Waals surface area contributed by atoms with Crippen LogP contribution in [0.25, 0.3) is 16.6 Å². The molecule has 1 amide bonds. The van der Waals surface area contributed by atoms with E-state index in [1.807, 2.05) is 42.5 Å². The van der Waals surface area contributed by atoms with Gasteiger partial charge >= 0.3 is 0 Å². The number of hydrogen-bond donors (Lipinski definition) is 1. The number of hydrogen-bond acceptors (Lipinski definition) is 5. The van der Waals surface area contributed by atoms with Gasteiger partial charge in [-0.2, -0.15) is 0 Å². The number of ether oxygens (including phenoxy) is 1. The van der Waals surface area contributed by atoms with Gasteiger partial charge in [0.05, 0.1) is 17.9 Å². The molecule has 154 valence electrons. The second-order valence-corrected chi connectivity index (χ2v) is 8.20. The Hall–Kier alpha value is -3.06. The highest BCUT2D eigenvalue weighted by Crippen LogP contribution is 2.27. The van der Waals surface area contributed by atoms with Crippen LogP contribution in [0, 0.1) is 20.8 Å². The molecule has 0 aliphatic heterocycles. The van der Waals surface area contributed by atoms with Crippen molar-refractivity contribution < 1.29 is 9.53 Å². The molecular formula is C23H24N4O2S. The molecule has 1 N–H and O–H groups in total. The lowest BCUT2D eigenvalue weighted by Gasteiger charge is -2.10. The summed E-state index contributed by atoms with van der Waals surface area (Å²) in [6, 6.07) is 13.8. The molecule has 0 bridgehead atoms. The quantitative estimate of drug-likeness (QED) is 0.448. The molecule has 7 heteroatoms. The normalized spacial score (nSPS) is 11.2. The van der Waals surface area contributed by atoms with E-state index in [0.29, 0.717) is 11.8 Å². The van der Waals surface area contributed by atoms with Gasteiger partial charge in [0.2, 0.25) is 5.91 Å². The predicted molar refractivity (Wildman–Crippen MR) is 122 cm³/mol. The molecule has 0 unspecified atom stereocenters. The van der Waals surface area contributed by atoms with Crippen LogP contribution in [0.1, 0.15) is 23.6 Å². The van der Waals surface area contributed by atoms with Crippen LogP contribution in [-0.4, -0.2) is 32.9 Å². The Kier molecular flexibility index (Phi) is 5.63. The van der Waals surface area contributed by atoms with E-state index < -0.39 is 0 Å². The summed E-state index contributed by atoms with van der Waals surface area (Å²) >= 11 is 1.38. The second kappa shape index (κ2) is 8.36. The van der Waals surface area contributed by atoms with Gasteiger partial charge < -0.3 is 10.1 Å². The average Bonchev–Trinajstić information content (AvgIpc) is 3.15. The van der Waals surface area contributed by atoms with Crippen LogP contribution >= 0.6 is 11.8 Å². The number of fused-ring (bicyclic) bond motifs is 3. The number of nitrogens with zero attached hydrogens (tertiary/aromatic N) is 3. The first-order chi connectivity index (χ1) is 14.5.